The molecule has 2 N–H and O–H groups in total. The van der Waals surface area contributed by atoms with E-state index in [1.807, 2.05) is 0 Å². The first kappa shape index (κ1) is 11.7. The highest BCUT2D eigenvalue weighted by atomic mass is 32.1. The van der Waals surface area contributed by atoms with E-state index >= 15 is 0 Å². The molecule has 14 heavy (non-hydrogen) atoms. The summed E-state index contributed by atoms with van der Waals surface area (Å²) >= 11 is 1.78. The van der Waals surface area contributed by atoms with Crippen LogP contribution in [0.4, 0.5) is 0 Å². The molecule has 0 aromatic carbocycles. The summed E-state index contributed by atoms with van der Waals surface area (Å²) < 4.78 is 0. The summed E-state index contributed by atoms with van der Waals surface area (Å²) in [7, 11) is 0. The predicted octanol–water partition coefficient (Wildman–Crippen LogP) is 2.48. The smallest absolute Gasteiger partial charge is 0.0584 e. The van der Waals surface area contributed by atoms with Gasteiger partial charge in [-0.1, -0.05) is 6.92 Å². The SMILES string of the molecule is CC[C@H](CO)NC(C)c1sccc1C. The van der Waals surface area contributed by atoms with Crippen molar-refractivity contribution in [2.45, 2.75) is 39.3 Å². The van der Waals surface area contributed by atoms with Crippen molar-refractivity contribution in [1.29, 1.82) is 0 Å². The molecule has 0 aliphatic heterocycles. The van der Waals surface area contributed by atoms with Gasteiger partial charge >= 0.3 is 0 Å². The molecule has 0 bridgehead atoms. The first-order valence-electron chi connectivity index (χ1n) is 5.10. The highest BCUT2D eigenvalue weighted by Crippen LogP contribution is 2.23. The van der Waals surface area contributed by atoms with E-state index in [2.05, 4.69) is 37.5 Å². The van der Waals surface area contributed by atoms with E-state index in [9.17, 15) is 0 Å². The number of hydrogen-bond acceptors (Lipinski definition) is 3. The van der Waals surface area contributed by atoms with Crippen LogP contribution in [-0.4, -0.2) is 17.8 Å². The Labute approximate surface area is 90.0 Å². The van der Waals surface area contributed by atoms with Gasteiger partial charge in [0.25, 0.3) is 0 Å². The number of aryl methyl sites for hydroxylation is 1. The lowest BCUT2D eigenvalue weighted by Crippen LogP contribution is -2.33. The molecule has 0 saturated carbocycles. The van der Waals surface area contributed by atoms with Gasteiger partial charge in [-0.2, -0.15) is 0 Å². The van der Waals surface area contributed by atoms with Crippen LogP contribution in [0.5, 0.6) is 0 Å². The zero-order chi connectivity index (χ0) is 10.6. The maximum absolute atomic E-state index is 9.08. The van der Waals surface area contributed by atoms with Gasteiger partial charge in [0.05, 0.1) is 6.61 Å². The molecule has 2 atom stereocenters. The molecule has 0 amide bonds. The van der Waals surface area contributed by atoms with Crippen LogP contribution < -0.4 is 5.32 Å². The van der Waals surface area contributed by atoms with E-state index in [1.165, 1.54) is 10.4 Å². The summed E-state index contributed by atoms with van der Waals surface area (Å²) in [6, 6.07) is 2.69. The van der Waals surface area contributed by atoms with E-state index in [4.69, 9.17) is 5.11 Å². The Balaban J connectivity index is 2.58. The zero-order valence-electron chi connectivity index (χ0n) is 9.08. The molecule has 80 valence electrons. The van der Waals surface area contributed by atoms with Crippen molar-refractivity contribution in [2.24, 2.45) is 0 Å². The molecule has 2 nitrogen and oxygen atoms in total. The molecule has 1 aromatic heterocycles. The largest absolute Gasteiger partial charge is 0.395 e. The first-order valence-corrected chi connectivity index (χ1v) is 5.97. The lowest BCUT2D eigenvalue weighted by atomic mass is 10.1. The maximum Gasteiger partial charge on any atom is 0.0584 e. The van der Waals surface area contributed by atoms with Crippen molar-refractivity contribution in [3.8, 4) is 0 Å². The van der Waals surface area contributed by atoms with Crippen LogP contribution in [0.15, 0.2) is 11.4 Å². The highest BCUT2D eigenvalue weighted by molar-refractivity contribution is 7.10. The van der Waals surface area contributed by atoms with E-state index in [1.54, 1.807) is 11.3 Å². The van der Waals surface area contributed by atoms with Gasteiger partial charge in [0.1, 0.15) is 0 Å². The van der Waals surface area contributed by atoms with Crippen LogP contribution in [0.1, 0.15) is 36.8 Å². The molecule has 0 aliphatic carbocycles. The lowest BCUT2D eigenvalue weighted by molar-refractivity contribution is 0.230. The molecule has 0 saturated heterocycles. The molecular formula is C11H19NOS. The molecule has 0 radical (unpaired) electrons. The molecule has 0 aliphatic rings. The van der Waals surface area contributed by atoms with Crippen molar-refractivity contribution in [1.82, 2.24) is 5.32 Å². The van der Waals surface area contributed by atoms with Crippen LogP contribution in [0.3, 0.4) is 0 Å². The molecule has 0 spiro atoms. The molecule has 3 heteroatoms. The second-order valence-corrected chi connectivity index (χ2v) is 4.59. The van der Waals surface area contributed by atoms with E-state index in [0.29, 0.717) is 6.04 Å². The molecule has 0 fully saturated rings. The van der Waals surface area contributed by atoms with Gasteiger partial charge in [0.2, 0.25) is 0 Å². The molecular weight excluding hydrogens is 194 g/mol. The minimum atomic E-state index is 0.214. The topological polar surface area (TPSA) is 32.3 Å². The standard InChI is InChI=1S/C11H19NOS/c1-4-10(7-13)12-9(3)11-8(2)5-6-14-11/h5-6,9-10,12-13H,4,7H2,1-3H3/t9?,10-/m1/s1. The Morgan fingerprint density at radius 1 is 1.57 bits per heavy atom. The summed E-state index contributed by atoms with van der Waals surface area (Å²) in [5.74, 6) is 0. The Kier molecular flexibility index (Phi) is 4.58. The van der Waals surface area contributed by atoms with Gasteiger partial charge < -0.3 is 10.4 Å². The zero-order valence-corrected chi connectivity index (χ0v) is 9.90. The van der Waals surface area contributed by atoms with Crippen LogP contribution in [0.25, 0.3) is 0 Å². The quantitative estimate of drug-likeness (QED) is 0.787. The molecule has 1 aromatic rings. The number of nitrogens with one attached hydrogen (secondary N) is 1. The summed E-state index contributed by atoms with van der Waals surface area (Å²) in [5, 5.41) is 14.6. The highest BCUT2D eigenvalue weighted by Gasteiger charge is 2.13. The number of aliphatic hydroxyl groups excluding tert-OH is 1. The lowest BCUT2D eigenvalue weighted by Gasteiger charge is -2.20. The van der Waals surface area contributed by atoms with Crippen molar-refractivity contribution in [3.05, 3.63) is 21.9 Å². The maximum atomic E-state index is 9.08. The fourth-order valence-corrected chi connectivity index (χ4v) is 2.50. The summed E-state index contributed by atoms with van der Waals surface area (Å²) in [6.45, 7) is 6.58. The van der Waals surface area contributed by atoms with Crippen LogP contribution in [0.2, 0.25) is 0 Å². The second-order valence-electron chi connectivity index (χ2n) is 3.64. The van der Waals surface area contributed by atoms with Crippen molar-refractivity contribution in [3.63, 3.8) is 0 Å². The average Bonchev–Trinajstić information content (AvgIpc) is 2.60. The van der Waals surface area contributed by atoms with Gasteiger partial charge in [-0.05, 0) is 37.3 Å². The average molecular weight is 213 g/mol. The third kappa shape index (κ3) is 2.80. The Bertz CT molecular complexity index is 268. The third-order valence-electron chi connectivity index (χ3n) is 2.49. The van der Waals surface area contributed by atoms with E-state index in [0.717, 1.165) is 6.42 Å². The Morgan fingerprint density at radius 3 is 2.71 bits per heavy atom. The van der Waals surface area contributed by atoms with Crippen molar-refractivity contribution < 1.29 is 5.11 Å². The van der Waals surface area contributed by atoms with Gasteiger partial charge in [0.15, 0.2) is 0 Å². The fourth-order valence-electron chi connectivity index (χ4n) is 1.56. The molecule has 1 rings (SSSR count). The predicted molar refractivity (Wildman–Crippen MR) is 61.8 cm³/mol. The van der Waals surface area contributed by atoms with Gasteiger partial charge in [-0.25, -0.2) is 0 Å². The normalized spacial score (nSPS) is 15.4. The van der Waals surface area contributed by atoms with E-state index < -0.39 is 0 Å². The van der Waals surface area contributed by atoms with Gasteiger partial charge in [-0.15, -0.1) is 11.3 Å². The second kappa shape index (κ2) is 5.49. The molecule has 1 unspecified atom stereocenters. The Hall–Kier alpha value is -0.380. The number of hydrogen-bond donors (Lipinski definition) is 2. The minimum absolute atomic E-state index is 0.214. The minimum Gasteiger partial charge on any atom is -0.395 e. The number of rotatable bonds is 5. The van der Waals surface area contributed by atoms with Crippen LogP contribution in [-0.2, 0) is 0 Å². The number of aliphatic hydroxyl groups is 1. The van der Waals surface area contributed by atoms with Crippen molar-refractivity contribution >= 4 is 11.3 Å². The van der Waals surface area contributed by atoms with Crippen LogP contribution in [0, 0.1) is 6.92 Å². The summed E-state index contributed by atoms with van der Waals surface area (Å²) in [6.07, 6.45) is 0.964. The summed E-state index contributed by atoms with van der Waals surface area (Å²) in [4.78, 5) is 1.37. The van der Waals surface area contributed by atoms with Gasteiger partial charge in [-0.3, -0.25) is 0 Å². The third-order valence-corrected chi connectivity index (χ3v) is 3.70. The number of thiophene rings is 1. The Morgan fingerprint density at radius 2 is 2.29 bits per heavy atom. The summed E-state index contributed by atoms with van der Waals surface area (Å²) in [5.41, 5.74) is 1.34. The fraction of sp³-hybridized carbons (Fsp3) is 0.636. The first-order chi connectivity index (χ1) is 6.69. The van der Waals surface area contributed by atoms with E-state index in [-0.39, 0.29) is 12.6 Å². The molecule has 1 heterocycles. The van der Waals surface area contributed by atoms with Crippen molar-refractivity contribution in [2.75, 3.05) is 6.61 Å². The monoisotopic (exact) mass is 213 g/mol. The van der Waals surface area contributed by atoms with Crippen LogP contribution >= 0.6 is 11.3 Å². The van der Waals surface area contributed by atoms with Gasteiger partial charge in [0, 0.05) is 17.0 Å².